The first kappa shape index (κ1) is 13.6. The van der Waals surface area contributed by atoms with Crippen molar-refractivity contribution < 1.29 is 4.79 Å². The number of hydrogen-bond donors (Lipinski definition) is 1. The van der Waals surface area contributed by atoms with Gasteiger partial charge in [-0.1, -0.05) is 12.1 Å². The van der Waals surface area contributed by atoms with Crippen LogP contribution in [0.2, 0.25) is 0 Å². The largest absolute Gasteiger partial charge is 0.349 e. The number of nitrogens with one attached hydrogen (secondary N) is 1. The molecular formula is C11H21N5O. The van der Waals surface area contributed by atoms with Gasteiger partial charge >= 0.3 is 0 Å². The lowest BCUT2D eigenvalue weighted by Crippen LogP contribution is -2.23. The minimum absolute atomic E-state index is 0.103. The van der Waals surface area contributed by atoms with Crippen LogP contribution in [0.4, 0.5) is 0 Å². The van der Waals surface area contributed by atoms with Crippen LogP contribution >= 0.6 is 0 Å². The molecule has 0 radical (unpaired) electrons. The molecule has 0 saturated carbocycles. The van der Waals surface area contributed by atoms with Gasteiger partial charge in [-0.15, -0.1) is 5.10 Å². The molecule has 1 heterocycles. The third-order valence-corrected chi connectivity index (χ3v) is 2.37. The van der Waals surface area contributed by atoms with Crippen LogP contribution in [0.15, 0.2) is 6.20 Å². The second-order valence-electron chi connectivity index (χ2n) is 4.19. The number of carbonyl (C=O) groups is 1. The highest BCUT2D eigenvalue weighted by atomic mass is 16.2. The average Bonchev–Trinajstić information content (AvgIpc) is 2.74. The van der Waals surface area contributed by atoms with Crippen molar-refractivity contribution >= 4 is 5.91 Å². The average molecular weight is 239 g/mol. The van der Waals surface area contributed by atoms with Crippen molar-refractivity contribution in [2.75, 3.05) is 20.6 Å². The highest BCUT2D eigenvalue weighted by molar-refractivity contribution is 5.75. The molecule has 0 aliphatic heterocycles. The van der Waals surface area contributed by atoms with Crippen molar-refractivity contribution in [2.45, 2.75) is 32.9 Å². The van der Waals surface area contributed by atoms with Gasteiger partial charge in [0.1, 0.15) is 0 Å². The molecule has 1 amide bonds. The molecule has 0 spiro atoms. The van der Waals surface area contributed by atoms with Gasteiger partial charge in [0.15, 0.2) is 0 Å². The predicted molar refractivity (Wildman–Crippen MR) is 65.3 cm³/mol. The predicted octanol–water partition coefficient (Wildman–Crippen LogP) is 0.256. The smallest absolute Gasteiger partial charge is 0.223 e. The first-order chi connectivity index (χ1) is 8.13. The van der Waals surface area contributed by atoms with Crippen LogP contribution in [-0.2, 0) is 17.9 Å². The summed E-state index contributed by atoms with van der Waals surface area (Å²) in [5.41, 5.74) is 0.913. The van der Waals surface area contributed by atoms with Crippen molar-refractivity contribution in [3.8, 4) is 0 Å². The lowest BCUT2D eigenvalue weighted by molar-refractivity contribution is -0.128. The summed E-state index contributed by atoms with van der Waals surface area (Å²) < 4.78 is 1.71. The Morgan fingerprint density at radius 1 is 1.53 bits per heavy atom. The van der Waals surface area contributed by atoms with E-state index in [4.69, 9.17) is 0 Å². The quantitative estimate of drug-likeness (QED) is 0.693. The lowest BCUT2D eigenvalue weighted by atomic mass is 10.4. The number of hydrogen-bond acceptors (Lipinski definition) is 4. The van der Waals surface area contributed by atoms with Gasteiger partial charge in [-0.2, -0.15) is 0 Å². The molecule has 0 fully saturated rings. The summed E-state index contributed by atoms with van der Waals surface area (Å²) in [4.78, 5) is 13.0. The van der Waals surface area contributed by atoms with Gasteiger partial charge in [0.2, 0.25) is 5.91 Å². The molecule has 0 bridgehead atoms. The van der Waals surface area contributed by atoms with Crippen LogP contribution < -0.4 is 5.32 Å². The maximum Gasteiger partial charge on any atom is 0.223 e. The third-order valence-electron chi connectivity index (χ3n) is 2.37. The lowest BCUT2D eigenvalue weighted by Gasteiger charge is -2.09. The number of amides is 1. The molecule has 1 N–H and O–H groups in total. The standard InChI is InChI=1S/C11H21N5O/c1-4-6-12-8-10-9-16(14-13-10)7-5-11(17)15(2)3/h9,12H,4-8H2,1-3H3. The molecule has 0 aliphatic rings. The zero-order valence-electron chi connectivity index (χ0n) is 10.8. The van der Waals surface area contributed by atoms with E-state index < -0.39 is 0 Å². The van der Waals surface area contributed by atoms with E-state index in [1.54, 1.807) is 23.7 Å². The van der Waals surface area contributed by atoms with Gasteiger partial charge in [0.25, 0.3) is 0 Å². The summed E-state index contributed by atoms with van der Waals surface area (Å²) in [7, 11) is 3.51. The molecule has 0 aliphatic carbocycles. The molecule has 0 unspecified atom stereocenters. The van der Waals surface area contributed by atoms with Crippen LogP contribution in [0.5, 0.6) is 0 Å². The number of carbonyl (C=O) groups excluding carboxylic acids is 1. The molecular weight excluding hydrogens is 218 g/mol. The molecule has 0 atom stereocenters. The van der Waals surface area contributed by atoms with E-state index in [1.807, 2.05) is 6.20 Å². The van der Waals surface area contributed by atoms with Gasteiger partial charge in [-0.3, -0.25) is 9.48 Å². The first-order valence-corrected chi connectivity index (χ1v) is 5.93. The fraction of sp³-hybridized carbons (Fsp3) is 0.727. The number of aryl methyl sites for hydroxylation is 1. The first-order valence-electron chi connectivity index (χ1n) is 5.93. The van der Waals surface area contributed by atoms with E-state index in [0.717, 1.165) is 25.2 Å². The van der Waals surface area contributed by atoms with Crippen LogP contribution in [-0.4, -0.2) is 46.4 Å². The van der Waals surface area contributed by atoms with E-state index in [-0.39, 0.29) is 5.91 Å². The van der Waals surface area contributed by atoms with Gasteiger partial charge in [-0.05, 0) is 13.0 Å². The van der Waals surface area contributed by atoms with Crippen LogP contribution in [0.3, 0.4) is 0 Å². The monoisotopic (exact) mass is 239 g/mol. The van der Waals surface area contributed by atoms with Crippen molar-refractivity contribution in [2.24, 2.45) is 0 Å². The number of nitrogens with zero attached hydrogens (tertiary/aromatic N) is 4. The summed E-state index contributed by atoms with van der Waals surface area (Å²) in [6, 6.07) is 0. The Morgan fingerprint density at radius 2 is 2.29 bits per heavy atom. The SMILES string of the molecule is CCCNCc1cn(CCC(=O)N(C)C)nn1. The van der Waals surface area contributed by atoms with E-state index in [2.05, 4.69) is 22.6 Å². The Hall–Kier alpha value is -1.43. The summed E-state index contributed by atoms with van der Waals surface area (Å²) >= 11 is 0. The van der Waals surface area contributed by atoms with Crippen molar-refractivity contribution in [1.82, 2.24) is 25.2 Å². The van der Waals surface area contributed by atoms with Crippen LogP contribution in [0.25, 0.3) is 0 Å². The van der Waals surface area contributed by atoms with Crippen LogP contribution in [0.1, 0.15) is 25.5 Å². The summed E-state index contributed by atoms with van der Waals surface area (Å²) in [5, 5.41) is 11.3. The molecule has 6 nitrogen and oxygen atoms in total. The molecule has 6 heteroatoms. The highest BCUT2D eigenvalue weighted by Crippen LogP contribution is 1.96. The maximum absolute atomic E-state index is 11.4. The van der Waals surface area contributed by atoms with Crippen molar-refractivity contribution in [1.29, 1.82) is 0 Å². The fourth-order valence-electron chi connectivity index (χ4n) is 1.36. The molecule has 96 valence electrons. The van der Waals surface area contributed by atoms with Crippen molar-refractivity contribution in [3.05, 3.63) is 11.9 Å². The normalized spacial score (nSPS) is 10.5. The summed E-state index contributed by atoms with van der Waals surface area (Å²) in [6.45, 7) is 4.41. The number of aromatic nitrogens is 3. The third kappa shape index (κ3) is 4.95. The Morgan fingerprint density at radius 3 is 2.94 bits per heavy atom. The molecule has 17 heavy (non-hydrogen) atoms. The molecule has 0 saturated heterocycles. The van der Waals surface area contributed by atoms with Crippen LogP contribution in [0, 0.1) is 0 Å². The van der Waals surface area contributed by atoms with E-state index in [1.165, 1.54) is 0 Å². The topological polar surface area (TPSA) is 63.1 Å². The van der Waals surface area contributed by atoms with Gasteiger partial charge in [-0.25, -0.2) is 0 Å². The minimum atomic E-state index is 0.103. The zero-order valence-corrected chi connectivity index (χ0v) is 10.8. The van der Waals surface area contributed by atoms with E-state index in [0.29, 0.717) is 13.0 Å². The molecule has 1 rings (SSSR count). The van der Waals surface area contributed by atoms with Gasteiger partial charge in [0.05, 0.1) is 12.2 Å². The van der Waals surface area contributed by atoms with Gasteiger partial charge in [0, 0.05) is 33.3 Å². The van der Waals surface area contributed by atoms with Gasteiger partial charge < -0.3 is 10.2 Å². The number of rotatable bonds is 7. The second kappa shape index (κ2) is 7.01. The fourth-order valence-corrected chi connectivity index (χ4v) is 1.36. The minimum Gasteiger partial charge on any atom is -0.349 e. The Balaban J connectivity index is 2.33. The Labute approximate surface area is 102 Å². The summed E-state index contributed by atoms with van der Waals surface area (Å²) in [6.07, 6.45) is 3.44. The van der Waals surface area contributed by atoms with E-state index in [9.17, 15) is 4.79 Å². The molecule has 0 aromatic carbocycles. The molecule has 1 aromatic heterocycles. The molecule has 1 aromatic rings. The Kier molecular flexibility index (Phi) is 5.62. The second-order valence-corrected chi connectivity index (χ2v) is 4.19. The van der Waals surface area contributed by atoms with Crippen molar-refractivity contribution in [3.63, 3.8) is 0 Å². The highest BCUT2D eigenvalue weighted by Gasteiger charge is 2.05. The zero-order chi connectivity index (χ0) is 12.7. The maximum atomic E-state index is 11.4. The Bertz CT molecular complexity index is 347. The summed E-state index contributed by atoms with van der Waals surface area (Å²) in [5.74, 6) is 0.103. The van der Waals surface area contributed by atoms with E-state index >= 15 is 0 Å².